The highest BCUT2D eigenvalue weighted by molar-refractivity contribution is 7.13. The first-order chi connectivity index (χ1) is 15.7. The molecular weight excluding hydrogens is 422 g/mol. The minimum absolute atomic E-state index is 0.229. The van der Waals surface area contributed by atoms with E-state index >= 15 is 0 Å². The minimum atomic E-state index is -0.427. The number of nitrogens with zero attached hydrogens (tertiary/aromatic N) is 3. The van der Waals surface area contributed by atoms with Gasteiger partial charge in [-0.3, -0.25) is 4.79 Å². The van der Waals surface area contributed by atoms with Crippen molar-refractivity contribution >= 4 is 28.9 Å². The number of thiophene rings is 1. The summed E-state index contributed by atoms with van der Waals surface area (Å²) in [5.41, 5.74) is 2.85. The Labute approximate surface area is 189 Å². The zero-order valence-electron chi connectivity index (χ0n) is 17.6. The highest BCUT2D eigenvalue weighted by Gasteiger charge is 2.34. The number of fused-ring (bicyclic) bond motifs is 1. The van der Waals surface area contributed by atoms with Crippen LogP contribution in [0.15, 0.2) is 83.4 Å². The first-order valence-electron chi connectivity index (χ1n) is 10.1. The number of benzene rings is 2. The molecule has 0 spiro atoms. The van der Waals surface area contributed by atoms with Gasteiger partial charge in [-0.25, -0.2) is 4.68 Å². The van der Waals surface area contributed by atoms with Crippen molar-refractivity contribution in [3.63, 3.8) is 0 Å². The largest absolute Gasteiger partial charge is 0.495 e. The molecule has 4 aromatic rings. The number of para-hydroxylation sites is 2. The number of methoxy groups -OCH3 is 1. The Morgan fingerprint density at radius 1 is 1.09 bits per heavy atom. The highest BCUT2D eigenvalue weighted by Crippen LogP contribution is 2.37. The summed E-state index contributed by atoms with van der Waals surface area (Å²) < 4.78 is 7.19. The predicted octanol–water partition coefficient (Wildman–Crippen LogP) is 4.94. The van der Waals surface area contributed by atoms with Crippen LogP contribution in [0, 0.1) is 0 Å². The third-order valence-electron chi connectivity index (χ3n) is 5.31. The Kier molecular flexibility index (Phi) is 5.20. The molecule has 1 amide bonds. The Balaban J connectivity index is 1.59. The van der Waals surface area contributed by atoms with Gasteiger partial charge in [-0.2, -0.15) is 4.98 Å². The summed E-state index contributed by atoms with van der Waals surface area (Å²) in [5.74, 6) is 1.60. The fraction of sp³-hybridized carbons (Fsp3) is 0.125. The van der Waals surface area contributed by atoms with Crippen molar-refractivity contribution in [3.8, 4) is 16.5 Å². The topological polar surface area (TPSA) is 81.1 Å². The number of anilines is 2. The van der Waals surface area contributed by atoms with Gasteiger partial charge in [0, 0.05) is 5.70 Å². The van der Waals surface area contributed by atoms with Crippen LogP contribution in [0.2, 0.25) is 0 Å². The van der Waals surface area contributed by atoms with Crippen molar-refractivity contribution in [1.82, 2.24) is 14.8 Å². The Hall–Kier alpha value is -3.91. The van der Waals surface area contributed by atoms with Gasteiger partial charge in [0.05, 0.1) is 23.2 Å². The van der Waals surface area contributed by atoms with E-state index in [4.69, 9.17) is 9.84 Å². The maximum atomic E-state index is 13.6. The van der Waals surface area contributed by atoms with E-state index in [9.17, 15) is 4.79 Å². The third-order valence-corrected chi connectivity index (χ3v) is 6.18. The number of carbonyl (C=O) groups excluding carboxylic acids is 1. The average molecular weight is 444 g/mol. The smallest absolute Gasteiger partial charge is 0.255 e. The first-order valence-corrected chi connectivity index (χ1v) is 11.0. The maximum absolute atomic E-state index is 13.6. The summed E-state index contributed by atoms with van der Waals surface area (Å²) in [6, 6.07) is 20.7. The Morgan fingerprint density at radius 2 is 1.88 bits per heavy atom. The van der Waals surface area contributed by atoms with Crippen molar-refractivity contribution in [1.29, 1.82) is 0 Å². The molecule has 2 aromatic heterocycles. The van der Waals surface area contributed by atoms with E-state index in [1.807, 2.05) is 79.0 Å². The van der Waals surface area contributed by atoms with Crippen molar-refractivity contribution in [2.75, 3.05) is 17.7 Å². The first kappa shape index (κ1) is 20.0. The predicted molar refractivity (Wildman–Crippen MR) is 126 cm³/mol. The van der Waals surface area contributed by atoms with E-state index in [0.717, 1.165) is 16.1 Å². The van der Waals surface area contributed by atoms with Crippen LogP contribution in [0.4, 0.5) is 11.6 Å². The number of amides is 1. The van der Waals surface area contributed by atoms with Crippen LogP contribution in [0.3, 0.4) is 0 Å². The zero-order chi connectivity index (χ0) is 22.1. The van der Waals surface area contributed by atoms with Crippen LogP contribution in [0.25, 0.3) is 10.7 Å². The van der Waals surface area contributed by atoms with E-state index in [-0.39, 0.29) is 5.91 Å². The van der Waals surface area contributed by atoms with Crippen LogP contribution < -0.4 is 15.4 Å². The second-order valence-electron chi connectivity index (χ2n) is 7.31. The molecular formula is C24H21N5O2S. The van der Waals surface area contributed by atoms with Gasteiger partial charge in [-0.15, -0.1) is 16.4 Å². The molecule has 0 saturated carbocycles. The van der Waals surface area contributed by atoms with E-state index < -0.39 is 6.04 Å². The van der Waals surface area contributed by atoms with Crippen LogP contribution in [0.5, 0.6) is 5.75 Å². The van der Waals surface area contributed by atoms with Crippen molar-refractivity contribution in [2.24, 2.45) is 0 Å². The normalized spacial score (nSPS) is 15.1. The van der Waals surface area contributed by atoms with E-state index in [0.29, 0.717) is 28.8 Å². The Bertz CT molecular complexity index is 1300. The van der Waals surface area contributed by atoms with Gasteiger partial charge in [0.1, 0.15) is 11.8 Å². The molecule has 2 aromatic carbocycles. The lowest BCUT2D eigenvalue weighted by Crippen LogP contribution is -2.31. The molecule has 0 fully saturated rings. The summed E-state index contributed by atoms with van der Waals surface area (Å²) in [6.07, 6.45) is 0. The number of allylic oxidation sites excluding steroid dienone is 1. The SMILES string of the molecule is COc1ccccc1NC(=O)C1=C(C)Nc2nc(-c3cccs3)nn2C1c1ccccc1. The van der Waals surface area contributed by atoms with Gasteiger partial charge in [0.25, 0.3) is 5.91 Å². The summed E-state index contributed by atoms with van der Waals surface area (Å²) >= 11 is 1.58. The molecule has 0 aliphatic carbocycles. The van der Waals surface area contributed by atoms with Gasteiger partial charge in [-0.1, -0.05) is 48.5 Å². The molecule has 1 aliphatic rings. The monoisotopic (exact) mass is 443 g/mol. The molecule has 5 rings (SSSR count). The average Bonchev–Trinajstić information content (AvgIpc) is 3.49. The Morgan fingerprint density at radius 3 is 2.62 bits per heavy atom. The summed E-state index contributed by atoms with van der Waals surface area (Å²) in [4.78, 5) is 19.2. The fourth-order valence-electron chi connectivity index (χ4n) is 3.84. The molecule has 3 heterocycles. The zero-order valence-corrected chi connectivity index (χ0v) is 18.4. The van der Waals surface area contributed by atoms with Gasteiger partial charge >= 0.3 is 0 Å². The maximum Gasteiger partial charge on any atom is 0.255 e. The standard InChI is InChI=1S/C24H21N5O2S/c1-15-20(23(30)26-17-11-6-7-12-18(17)31-2)21(16-9-4-3-5-10-16)29-24(25-15)27-22(28-29)19-13-8-14-32-19/h3-14,21H,1-2H3,(H,26,30)(H,25,27,28). The molecule has 1 aliphatic heterocycles. The van der Waals surface area contributed by atoms with Crippen LogP contribution in [-0.4, -0.2) is 27.8 Å². The molecule has 0 radical (unpaired) electrons. The van der Waals surface area contributed by atoms with Gasteiger partial charge in [-0.05, 0) is 36.1 Å². The van der Waals surface area contributed by atoms with Gasteiger partial charge in [0.2, 0.25) is 5.95 Å². The molecule has 32 heavy (non-hydrogen) atoms. The molecule has 0 bridgehead atoms. The molecule has 8 heteroatoms. The number of rotatable bonds is 5. The van der Waals surface area contributed by atoms with Crippen molar-refractivity contribution in [3.05, 3.63) is 88.9 Å². The van der Waals surface area contributed by atoms with Crippen LogP contribution in [-0.2, 0) is 4.79 Å². The fourth-order valence-corrected chi connectivity index (χ4v) is 4.49. The van der Waals surface area contributed by atoms with Gasteiger partial charge < -0.3 is 15.4 Å². The van der Waals surface area contributed by atoms with E-state index in [1.54, 1.807) is 23.1 Å². The lowest BCUT2D eigenvalue weighted by Gasteiger charge is -2.28. The molecule has 7 nitrogen and oxygen atoms in total. The second-order valence-corrected chi connectivity index (χ2v) is 8.26. The van der Waals surface area contributed by atoms with Gasteiger partial charge in [0.15, 0.2) is 5.82 Å². The number of nitrogens with one attached hydrogen (secondary N) is 2. The number of hydrogen-bond donors (Lipinski definition) is 2. The lowest BCUT2D eigenvalue weighted by atomic mass is 9.95. The number of ether oxygens (including phenoxy) is 1. The van der Waals surface area contributed by atoms with Crippen LogP contribution in [0.1, 0.15) is 18.5 Å². The molecule has 0 saturated heterocycles. The number of carbonyl (C=O) groups is 1. The quantitative estimate of drug-likeness (QED) is 0.457. The van der Waals surface area contributed by atoms with Crippen molar-refractivity contribution in [2.45, 2.75) is 13.0 Å². The number of aromatic nitrogens is 3. The van der Waals surface area contributed by atoms with E-state index in [2.05, 4.69) is 15.6 Å². The molecule has 2 N–H and O–H groups in total. The number of hydrogen-bond acceptors (Lipinski definition) is 6. The summed E-state index contributed by atoms with van der Waals surface area (Å²) in [7, 11) is 1.58. The van der Waals surface area contributed by atoms with Crippen molar-refractivity contribution < 1.29 is 9.53 Å². The highest BCUT2D eigenvalue weighted by atomic mass is 32.1. The van der Waals surface area contributed by atoms with Crippen LogP contribution >= 0.6 is 11.3 Å². The summed E-state index contributed by atoms with van der Waals surface area (Å²) in [6.45, 7) is 1.88. The minimum Gasteiger partial charge on any atom is -0.495 e. The lowest BCUT2D eigenvalue weighted by molar-refractivity contribution is -0.113. The molecule has 160 valence electrons. The van der Waals surface area contributed by atoms with E-state index in [1.165, 1.54) is 0 Å². The third kappa shape index (κ3) is 3.54. The summed E-state index contributed by atoms with van der Waals surface area (Å²) in [5, 5.41) is 13.0. The molecule has 1 unspecified atom stereocenters. The second kappa shape index (κ2) is 8.32. The molecule has 1 atom stereocenters.